The summed E-state index contributed by atoms with van der Waals surface area (Å²) in [5, 5.41) is 2.84. The number of amides is 1. The van der Waals surface area contributed by atoms with Crippen LogP contribution in [0.5, 0.6) is 0 Å². The van der Waals surface area contributed by atoms with Crippen molar-refractivity contribution < 1.29 is 9.18 Å². The van der Waals surface area contributed by atoms with E-state index in [1.165, 1.54) is 12.1 Å². The van der Waals surface area contributed by atoms with Crippen molar-refractivity contribution in [3.8, 4) is 0 Å². The lowest BCUT2D eigenvalue weighted by Crippen LogP contribution is -2.43. The van der Waals surface area contributed by atoms with Crippen molar-refractivity contribution in [1.82, 2.24) is 16.2 Å². The smallest absolute Gasteiger partial charge is 0.238 e. The number of hydrogen-bond acceptors (Lipinski definition) is 3. The Morgan fingerprint density at radius 2 is 2.24 bits per heavy atom. The molecule has 0 bridgehead atoms. The van der Waals surface area contributed by atoms with Crippen molar-refractivity contribution in [2.75, 3.05) is 0 Å². The predicted molar refractivity (Wildman–Crippen MR) is 83.9 cm³/mol. The number of rotatable bonds is 5. The van der Waals surface area contributed by atoms with E-state index in [1.807, 2.05) is 0 Å². The Morgan fingerprint density at radius 3 is 2.95 bits per heavy atom. The molecule has 3 N–H and O–H groups in total. The third-order valence-electron chi connectivity index (χ3n) is 3.52. The highest BCUT2D eigenvalue weighted by Crippen LogP contribution is 2.18. The van der Waals surface area contributed by atoms with Crippen molar-refractivity contribution in [3.63, 3.8) is 0 Å². The molecule has 1 aliphatic rings. The van der Waals surface area contributed by atoms with Crippen LogP contribution in [-0.4, -0.2) is 18.0 Å². The van der Waals surface area contributed by atoms with Gasteiger partial charge in [0.1, 0.15) is 11.9 Å². The van der Waals surface area contributed by atoms with Crippen LogP contribution in [0.2, 0.25) is 0 Å². The molecule has 0 radical (unpaired) electrons. The average Bonchev–Trinajstić information content (AvgIpc) is 2.87. The molecule has 0 aliphatic carbocycles. The van der Waals surface area contributed by atoms with Gasteiger partial charge < -0.3 is 5.32 Å². The summed E-state index contributed by atoms with van der Waals surface area (Å²) in [7, 11) is 0. The molecule has 2 atom stereocenters. The zero-order valence-corrected chi connectivity index (χ0v) is 13.8. The summed E-state index contributed by atoms with van der Waals surface area (Å²) in [4.78, 5) is 12.1. The van der Waals surface area contributed by atoms with Crippen molar-refractivity contribution >= 4 is 21.8 Å². The highest BCUT2D eigenvalue weighted by atomic mass is 79.9. The van der Waals surface area contributed by atoms with E-state index >= 15 is 0 Å². The Hall–Kier alpha value is -0.980. The molecule has 6 heteroatoms. The first-order valence-electron chi connectivity index (χ1n) is 7.18. The van der Waals surface area contributed by atoms with Gasteiger partial charge in [-0.25, -0.2) is 9.82 Å². The van der Waals surface area contributed by atoms with Gasteiger partial charge in [-0.15, -0.1) is 0 Å². The largest absolute Gasteiger partial charge is 0.351 e. The lowest BCUT2D eigenvalue weighted by molar-refractivity contribution is -0.123. The fourth-order valence-electron chi connectivity index (χ4n) is 2.50. The summed E-state index contributed by atoms with van der Waals surface area (Å²) < 4.78 is 14.0. The number of benzene rings is 1. The van der Waals surface area contributed by atoms with E-state index in [2.05, 4.69) is 45.9 Å². The fourth-order valence-corrected chi connectivity index (χ4v) is 2.89. The van der Waals surface area contributed by atoms with Crippen LogP contribution in [0.3, 0.4) is 0 Å². The summed E-state index contributed by atoms with van der Waals surface area (Å²) in [5.74, 6) is 0.222. The topological polar surface area (TPSA) is 53.2 Å². The minimum Gasteiger partial charge on any atom is -0.351 e. The predicted octanol–water partition coefficient (Wildman–Crippen LogP) is 2.49. The van der Waals surface area contributed by atoms with Crippen LogP contribution < -0.4 is 16.2 Å². The number of nitrogens with one attached hydrogen (secondary N) is 3. The second kappa shape index (κ2) is 7.33. The maximum Gasteiger partial charge on any atom is 0.238 e. The van der Waals surface area contributed by atoms with Crippen molar-refractivity contribution in [3.05, 3.63) is 34.1 Å². The van der Waals surface area contributed by atoms with Gasteiger partial charge in [0.15, 0.2) is 0 Å². The van der Waals surface area contributed by atoms with Crippen molar-refractivity contribution in [2.24, 2.45) is 5.92 Å². The number of carbonyl (C=O) groups is 1. The molecular weight excluding hydrogens is 337 g/mol. The lowest BCUT2D eigenvalue weighted by Gasteiger charge is -2.12. The van der Waals surface area contributed by atoms with E-state index in [-0.39, 0.29) is 17.8 Å². The molecule has 21 heavy (non-hydrogen) atoms. The van der Waals surface area contributed by atoms with Crippen LogP contribution >= 0.6 is 15.9 Å². The Morgan fingerprint density at radius 1 is 1.48 bits per heavy atom. The van der Waals surface area contributed by atoms with Gasteiger partial charge in [-0.3, -0.25) is 10.2 Å². The number of halogens is 2. The summed E-state index contributed by atoms with van der Waals surface area (Å²) in [6.07, 6.45) is 1.81. The highest BCUT2D eigenvalue weighted by molar-refractivity contribution is 9.10. The zero-order valence-electron chi connectivity index (χ0n) is 12.2. The third-order valence-corrected chi connectivity index (χ3v) is 4.29. The molecule has 1 aliphatic heterocycles. The van der Waals surface area contributed by atoms with Crippen LogP contribution in [-0.2, 0) is 11.3 Å². The Balaban J connectivity index is 1.84. The van der Waals surface area contributed by atoms with Gasteiger partial charge in [-0.2, -0.15) is 0 Å². The van der Waals surface area contributed by atoms with Crippen molar-refractivity contribution in [1.29, 1.82) is 0 Å². The first kappa shape index (κ1) is 16.4. The standard InChI is InChI=1S/C15H21BrFN3O/c1-9(2)5-12-7-14(20-19-12)15(21)18-8-10-6-11(17)3-4-13(10)16/h3-4,6,9,12,14,19-20H,5,7-8H2,1-2H3,(H,18,21). The number of hydrogen-bond donors (Lipinski definition) is 3. The molecule has 2 unspecified atom stereocenters. The second-order valence-corrected chi connectivity index (χ2v) is 6.71. The maximum absolute atomic E-state index is 13.2. The molecule has 1 fully saturated rings. The van der Waals surface area contributed by atoms with Crippen LogP contribution in [0.25, 0.3) is 0 Å². The van der Waals surface area contributed by atoms with Crippen LogP contribution in [0.4, 0.5) is 4.39 Å². The first-order valence-corrected chi connectivity index (χ1v) is 7.97. The molecule has 1 heterocycles. The molecule has 0 spiro atoms. The van der Waals surface area contributed by atoms with E-state index in [9.17, 15) is 9.18 Å². The first-order chi connectivity index (χ1) is 9.95. The third kappa shape index (κ3) is 4.76. The Kier molecular flexibility index (Phi) is 5.72. The van der Waals surface area contributed by atoms with Gasteiger partial charge in [0.05, 0.1) is 0 Å². The molecule has 116 valence electrons. The van der Waals surface area contributed by atoms with Crippen LogP contribution in [0, 0.1) is 11.7 Å². The highest BCUT2D eigenvalue weighted by Gasteiger charge is 2.29. The molecule has 4 nitrogen and oxygen atoms in total. The Bertz CT molecular complexity index is 510. The molecule has 0 aromatic heterocycles. The lowest BCUT2D eigenvalue weighted by atomic mass is 10.00. The van der Waals surface area contributed by atoms with Gasteiger partial charge in [-0.05, 0) is 42.5 Å². The van der Waals surface area contributed by atoms with Gasteiger partial charge in [0.2, 0.25) is 5.91 Å². The molecular formula is C15H21BrFN3O. The van der Waals surface area contributed by atoms with Crippen LogP contribution in [0.15, 0.2) is 22.7 Å². The molecule has 2 rings (SSSR count). The average molecular weight is 358 g/mol. The second-order valence-electron chi connectivity index (χ2n) is 5.86. The minimum absolute atomic E-state index is 0.0649. The molecule has 1 amide bonds. The maximum atomic E-state index is 13.2. The van der Waals surface area contributed by atoms with Gasteiger partial charge in [-0.1, -0.05) is 29.8 Å². The molecule has 1 aromatic rings. The van der Waals surface area contributed by atoms with E-state index in [0.717, 1.165) is 22.9 Å². The number of hydrazine groups is 1. The van der Waals surface area contributed by atoms with Gasteiger partial charge in [0, 0.05) is 17.1 Å². The van der Waals surface area contributed by atoms with Gasteiger partial charge in [0.25, 0.3) is 0 Å². The van der Waals surface area contributed by atoms with E-state index < -0.39 is 0 Å². The molecule has 1 aromatic carbocycles. The fraction of sp³-hybridized carbons (Fsp3) is 0.533. The quantitative estimate of drug-likeness (QED) is 0.758. The molecule has 0 saturated carbocycles. The summed E-state index contributed by atoms with van der Waals surface area (Å²) in [6, 6.07) is 4.54. The zero-order chi connectivity index (χ0) is 15.4. The number of carbonyl (C=O) groups excluding carboxylic acids is 1. The molecule has 1 saturated heterocycles. The van der Waals surface area contributed by atoms with Crippen LogP contribution in [0.1, 0.15) is 32.3 Å². The normalized spacial score (nSPS) is 21.8. The Labute approximate surface area is 133 Å². The minimum atomic E-state index is -0.305. The van der Waals surface area contributed by atoms with E-state index in [0.29, 0.717) is 18.5 Å². The van der Waals surface area contributed by atoms with E-state index in [4.69, 9.17) is 0 Å². The summed E-state index contributed by atoms with van der Waals surface area (Å²) >= 11 is 3.35. The summed E-state index contributed by atoms with van der Waals surface area (Å²) in [5.41, 5.74) is 6.91. The summed E-state index contributed by atoms with van der Waals surface area (Å²) in [6.45, 7) is 4.64. The van der Waals surface area contributed by atoms with Crippen molar-refractivity contribution in [2.45, 2.75) is 45.3 Å². The van der Waals surface area contributed by atoms with E-state index in [1.54, 1.807) is 6.07 Å². The van der Waals surface area contributed by atoms with Gasteiger partial charge >= 0.3 is 0 Å². The SMILES string of the molecule is CC(C)CC1CC(C(=O)NCc2cc(F)ccc2Br)NN1. The monoisotopic (exact) mass is 357 g/mol.